The van der Waals surface area contributed by atoms with Crippen LogP contribution < -0.4 is 21.7 Å². The Hall–Kier alpha value is -2.61. The van der Waals surface area contributed by atoms with Crippen LogP contribution in [0.3, 0.4) is 0 Å². The summed E-state index contributed by atoms with van der Waals surface area (Å²) in [5.74, 6) is 0.562. The van der Waals surface area contributed by atoms with Crippen LogP contribution in [0.5, 0.6) is 0 Å². The van der Waals surface area contributed by atoms with E-state index in [-0.39, 0.29) is 11.9 Å². The molecule has 1 aromatic rings. The molecular weight excluding hydrogens is 378 g/mol. The van der Waals surface area contributed by atoms with Gasteiger partial charge in [-0.1, -0.05) is 12.8 Å². The van der Waals surface area contributed by atoms with Crippen molar-refractivity contribution in [2.75, 3.05) is 31.1 Å². The Morgan fingerprint density at radius 3 is 2.37 bits per heavy atom. The SMILES string of the molecule is NC1=NC2(CCCCC2)N(c2ccc(C(=O)NCCN3CCCCC3)cc2)C(N)=N1. The van der Waals surface area contributed by atoms with E-state index in [0.717, 1.165) is 51.0 Å². The van der Waals surface area contributed by atoms with Gasteiger partial charge in [0, 0.05) is 24.3 Å². The fraction of sp³-hybridized carbons (Fsp3) is 0.591. The molecule has 1 saturated carbocycles. The second kappa shape index (κ2) is 9.04. The van der Waals surface area contributed by atoms with E-state index in [1.165, 1.54) is 25.7 Å². The number of anilines is 1. The molecule has 4 rings (SSSR count). The largest absolute Gasteiger partial charge is 0.369 e. The van der Waals surface area contributed by atoms with E-state index in [2.05, 4.69) is 15.2 Å². The van der Waals surface area contributed by atoms with Crippen LogP contribution >= 0.6 is 0 Å². The van der Waals surface area contributed by atoms with Gasteiger partial charge in [0.2, 0.25) is 11.9 Å². The molecule has 1 saturated heterocycles. The zero-order chi connectivity index (χ0) is 21.0. The van der Waals surface area contributed by atoms with Crippen molar-refractivity contribution in [2.45, 2.75) is 57.0 Å². The smallest absolute Gasteiger partial charge is 0.251 e. The Balaban J connectivity index is 1.42. The summed E-state index contributed by atoms with van der Waals surface area (Å²) >= 11 is 0. The number of nitrogens with one attached hydrogen (secondary N) is 1. The molecule has 1 aliphatic carbocycles. The number of amides is 1. The number of benzene rings is 1. The normalized spacial score (nSPS) is 21.8. The second-order valence-corrected chi connectivity index (χ2v) is 8.52. The van der Waals surface area contributed by atoms with Gasteiger partial charge in [0.25, 0.3) is 5.91 Å². The Morgan fingerprint density at radius 2 is 1.67 bits per heavy atom. The van der Waals surface area contributed by atoms with Crippen LogP contribution in [0.15, 0.2) is 34.3 Å². The van der Waals surface area contributed by atoms with Crippen LogP contribution in [-0.2, 0) is 0 Å². The number of likely N-dealkylation sites (tertiary alicyclic amines) is 1. The number of nitrogens with two attached hydrogens (primary N) is 2. The molecule has 1 amide bonds. The monoisotopic (exact) mass is 411 g/mol. The van der Waals surface area contributed by atoms with E-state index >= 15 is 0 Å². The molecule has 2 fully saturated rings. The lowest BCUT2D eigenvalue weighted by Crippen LogP contribution is -2.58. The van der Waals surface area contributed by atoms with Gasteiger partial charge in [-0.25, -0.2) is 4.99 Å². The number of nitrogens with zero attached hydrogens (tertiary/aromatic N) is 4. The molecule has 1 aromatic carbocycles. The maximum absolute atomic E-state index is 12.5. The zero-order valence-corrected chi connectivity index (χ0v) is 17.6. The van der Waals surface area contributed by atoms with Gasteiger partial charge >= 0.3 is 0 Å². The van der Waals surface area contributed by atoms with Crippen molar-refractivity contribution in [3.05, 3.63) is 29.8 Å². The molecule has 2 heterocycles. The van der Waals surface area contributed by atoms with Gasteiger partial charge < -0.3 is 21.7 Å². The summed E-state index contributed by atoms with van der Waals surface area (Å²) in [4.78, 5) is 25.8. The summed E-state index contributed by atoms with van der Waals surface area (Å²) in [6.07, 6.45) is 8.98. The van der Waals surface area contributed by atoms with Crippen molar-refractivity contribution < 1.29 is 4.79 Å². The zero-order valence-electron chi connectivity index (χ0n) is 17.6. The maximum Gasteiger partial charge on any atom is 0.251 e. The highest BCUT2D eigenvalue weighted by Gasteiger charge is 2.42. The summed E-state index contributed by atoms with van der Waals surface area (Å²) in [7, 11) is 0. The standard InChI is InChI=1S/C22H33N7O/c23-20-26-21(24)29(22(27-20)11-3-1-4-12-22)18-9-7-17(8-10-18)19(30)25-13-16-28-14-5-2-6-15-28/h7-10H,1-6,11-16H2,(H,25,30)(H4,23,24,26,27). The average molecular weight is 412 g/mol. The number of hydrogen-bond donors (Lipinski definition) is 3. The van der Waals surface area contributed by atoms with E-state index < -0.39 is 5.66 Å². The van der Waals surface area contributed by atoms with Gasteiger partial charge in [-0.2, -0.15) is 4.99 Å². The van der Waals surface area contributed by atoms with E-state index in [1.54, 1.807) is 0 Å². The summed E-state index contributed by atoms with van der Waals surface area (Å²) in [5.41, 5.74) is 13.3. The minimum atomic E-state index is -0.466. The third kappa shape index (κ3) is 4.43. The van der Waals surface area contributed by atoms with Crippen molar-refractivity contribution in [2.24, 2.45) is 21.5 Å². The van der Waals surface area contributed by atoms with Gasteiger partial charge in [0.1, 0.15) is 5.66 Å². The molecule has 30 heavy (non-hydrogen) atoms. The van der Waals surface area contributed by atoms with Gasteiger partial charge in [0.15, 0.2) is 0 Å². The fourth-order valence-corrected chi connectivity index (χ4v) is 4.87. The quantitative estimate of drug-likeness (QED) is 0.686. The summed E-state index contributed by atoms with van der Waals surface area (Å²) in [6.45, 7) is 3.85. The maximum atomic E-state index is 12.5. The third-order valence-corrected chi connectivity index (χ3v) is 6.40. The van der Waals surface area contributed by atoms with Crippen molar-refractivity contribution in [1.29, 1.82) is 0 Å². The molecule has 0 unspecified atom stereocenters. The first-order chi connectivity index (χ1) is 14.6. The average Bonchev–Trinajstić information content (AvgIpc) is 2.75. The molecule has 0 aromatic heterocycles. The summed E-state index contributed by atoms with van der Waals surface area (Å²) < 4.78 is 0. The van der Waals surface area contributed by atoms with Crippen LogP contribution in [-0.4, -0.2) is 54.6 Å². The van der Waals surface area contributed by atoms with Crippen molar-refractivity contribution in [3.8, 4) is 0 Å². The highest BCUT2D eigenvalue weighted by molar-refractivity contribution is 6.06. The first-order valence-electron chi connectivity index (χ1n) is 11.2. The number of aliphatic imine (C=N–C) groups is 2. The first kappa shape index (κ1) is 20.7. The lowest BCUT2D eigenvalue weighted by atomic mass is 9.87. The van der Waals surface area contributed by atoms with Crippen molar-refractivity contribution >= 4 is 23.5 Å². The van der Waals surface area contributed by atoms with Crippen LogP contribution in [0.25, 0.3) is 0 Å². The Bertz CT molecular complexity index is 805. The molecular formula is C22H33N7O. The predicted octanol–water partition coefficient (Wildman–Crippen LogP) is 2.01. The fourth-order valence-electron chi connectivity index (χ4n) is 4.87. The minimum Gasteiger partial charge on any atom is -0.369 e. The van der Waals surface area contributed by atoms with E-state index in [9.17, 15) is 4.79 Å². The molecule has 162 valence electrons. The van der Waals surface area contributed by atoms with Gasteiger partial charge in [0.05, 0.1) is 0 Å². The number of rotatable bonds is 5. The molecule has 0 radical (unpaired) electrons. The number of carbonyl (C=O) groups is 1. The van der Waals surface area contributed by atoms with E-state index in [1.807, 2.05) is 29.2 Å². The van der Waals surface area contributed by atoms with Crippen LogP contribution in [0.1, 0.15) is 61.7 Å². The molecule has 2 aliphatic heterocycles. The number of hydrogen-bond acceptors (Lipinski definition) is 7. The molecule has 0 bridgehead atoms. The van der Waals surface area contributed by atoms with Crippen LogP contribution in [0.2, 0.25) is 0 Å². The first-order valence-corrected chi connectivity index (χ1v) is 11.2. The second-order valence-electron chi connectivity index (χ2n) is 8.52. The number of guanidine groups is 2. The predicted molar refractivity (Wildman–Crippen MR) is 121 cm³/mol. The Labute approximate surface area is 178 Å². The topological polar surface area (TPSA) is 112 Å². The summed E-state index contributed by atoms with van der Waals surface area (Å²) in [5, 5.41) is 3.04. The highest BCUT2D eigenvalue weighted by atomic mass is 16.1. The molecule has 3 aliphatic rings. The molecule has 8 heteroatoms. The number of piperidine rings is 1. The van der Waals surface area contributed by atoms with Gasteiger partial charge in [-0.05, 0) is 75.9 Å². The molecule has 0 atom stereocenters. The van der Waals surface area contributed by atoms with Crippen LogP contribution in [0, 0.1) is 0 Å². The third-order valence-electron chi connectivity index (χ3n) is 6.40. The van der Waals surface area contributed by atoms with Crippen molar-refractivity contribution in [1.82, 2.24) is 10.2 Å². The molecule has 1 spiro atoms. The Morgan fingerprint density at radius 1 is 1.00 bits per heavy atom. The Kier molecular flexibility index (Phi) is 6.22. The lowest BCUT2D eigenvalue weighted by Gasteiger charge is -2.45. The van der Waals surface area contributed by atoms with Crippen molar-refractivity contribution in [3.63, 3.8) is 0 Å². The van der Waals surface area contributed by atoms with E-state index in [0.29, 0.717) is 18.1 Å². The van der Waals surface area contributed by atoms with Gasteiger partial charge in [-0.15, -0.1) is 0 Å². The lowest BCUT2D eigenvalue weighted by molar-refractivity contribution is 0.0946. The van der Waals surface area contributed by atoms with Gasteiger partial charge in [-0.3, -0.25) is 9.69 Å². The highest BCUT2D eigenvalue weighted by Crippen LogP contribution is 2.39. The van der Waals surface area contributed by atoms with E-state index in [4.69, 9.17) is 16.5 Å². The molecule has 5 N–H and O–H groups in total. The number of carbonyl (C=O) groups excluding carboxylic acids is 1. The summed E-state index contributed by atoms with van der Waals surface area (Å²) in [6, 6.07) is 7.54. The minimum absolute atomic E-state index is 0.0477. The molecule has 8 nitrogen and oxygen atoms in total. The van der Waals surface area contributed by atoms with Crippen LogP contribution in [0.4, 0.5) is 5.69 Å².